The number of methoxy groups -OCH3 is 1. The van der Waals surface area contributed by atoms with Gasteiger partial charge in [-0.15, -0.1) is 13.2 Å². The summed E-state index contributed by atoms with van der Waals surface area (Å²) in [5.41, 5.74) is 0.769. The van der Waals surface area contributed by atoms with Gasteiger partial charge in [0.05, 0.1) is 12.8 Å². The Balaban J connectivity index is 2.32. The van der Waals surface area contributed by atoms with Crippen molar-refractivity contribution in [1.82, 2.24) is 0 Å². The highest BCUT2D eigenvalue weighted by molar-refractivity contribution is 5.78. The molecule has 0 radical (unpaired) electrons. The summed E-state index contributed by atoms with van der Waals surface area (Å²) in [5.74, 6) is -0.344. The van der Waals surface area contributed by atoms with Gasteiger partial charge in [-0.2, -0.15) is 13.2 Å². The van der Waals surface area contributed by atoms with Crippen LogP contribution in [0.25, 0.3) is 11.1 Å². The predicted octanol–water partition coefficient (Wildman–Crippen LogP) is 4.60. The van der Waals surface area contributed by atoms with E-state index >= 15 is 0 Å². The van der Waals surface area contributed by atoms with E-state index in [2.05, 4.69) is 10.1 Å². The molecule has 0 aliphatic carbocycles. The van der Waals surface area contributed by atoms with Crippen LogP contribution in [0.5, 0.6) is 11.5 Å². The van der Waals surface area contributed by atoms with Crippen molar-refractivity contribution >= 4 is 5.69 Å². The molecule has 2 aromatic carbocycles. The Bertz CT molecular complexity index is 776. The first-order valence-corrected chi connectivity index (χ1v) is 7.53. The minimum Gasteiger partial charge on any atom is -0.494 e. The van der Waals surface area contributed by atoms with Gasteiger partial charge in [-0.05, 0) is 23.8 Å². The summed E-state index contributed by atoms with van der Waals surface area (Å²) < 4.78 is 83.5. The second-order valence-electron chi connectivity index (χ2n) is 5.40. The van der Waals surface area contributed by atoms with Gasteiger partial charge >= 0.3 is 12.5 Å². The number of aliphatic hydroxyl groups excluding tert-OH is 1. The molecule has 2 N–H and O–H groups in total. The van der Waals surface area contributed by atoms with Crippen LogP contribution >= 0.6 is 0 Å². The number of ether oxygens (including phenoxy) is 2. The maximum absolute atomic E-state index is 12.4. The number of nitrogens with one attached hydrogen (secondary N) is 1. The second-order valence-corrected chi connectivity index (χ2v) is 5.40. The molecule has 0 aliphatic heterocycles. The molecule has 0 aliphatic rings. The van der Waals surface area contributed by atoms with Gasteiger partial charge in [0, 0.05) is 12.1 Å². The van der Waals surface area contributed by atoms with Gasteiger partial charge in [-0.3, -0.25) is 0 Å². The minimum absolute atomic E-state index is 0.107. The number of hydrogen-bond donors (Lipinski definition) is 2. The molecule has 2 aromatic rings. The number of para-hydroxylation sites is 1. The van der Waals surface area contributed by atoms with Crippen LogP contribution in [0.4, 0.5) is 32.0 Å². The molecular weight excluding hydrogens is 380 g/mol. The Morgan fingerprint density at radius 1 is 1.04 bits per heavy atom. The Morgan fingerprint density at radius 3 is 2.30 bits per heavy atom. The Kier molecular flexibility index (Phi) is 6.09. The average Bonchev–Trinajstić information content (AvgIpc) is 2.57. The molecule has 0 heterocycles. The topological polar surface area (TPSA) is 50.7 Å². The normalized spacial score (nSPS) is 13.2. The number of halogens is 6. The summed E-state index contributed by atoms with van der Waals surface area (Å²) in [6.07, 6.45) is -12.2. The van der Waals surface area contributed by atoms with E-state index in [-0.39, 0.29) is 11.4 Å². The zero-order chi connectivity index (χ0) is 20.2. The molecule has 0 aromatic heterocycles. The number of anilines is 1. The van der Waals surface area contributed by atoms with Crippen LogP contribution in [-0.4, -0.2) is 37.4 Å². The van der Waals surface area contributed by atoms with Crippen molar-refractivity contribution in [3.8, 4) is 22.6 Å². The van der Waals surface area contributed by atoms with Crippen molar-refractivity contribution < 1.29 is 40.9 Å². The van der Waals surface area contributed by atoms with Crippen LogP contribution < -0.4 is 14.8 Å². The Morgan fingerprint density at radius 2 is 1.70 bits per heavy atom. The second kappa shape index (κ2) is 7.95. The highest BCUT2D eigenvalue weighted by Crippen LogP contribution is 2.38. The molecule has 2 rings (SSSR count). The van der Waals surface area contributed by atoms with Crippen LogP contribution in [0.1, 0.15) is 0 Å². The molecule has 1 atom stereocenters. The largest absolute Gasteiger partial charge is 0.573 e. The number of rotatable bonds is 6. The standard InChI is InChI=1S/C17H15F6NO3/c1-26-15-12(10-4-2-5-11(8-10)27-17(21,22)23)6-3-7-13(15)24-9-14(25)16(18,19)20/h2-8,14,24-25H,9H2,1H3. The lowest BCUT2D eigenvalue weighted by molar-refractivity contribution is -0.274. The van der Waals surface area contributed by atoms with Gasteiger partial charge in [0.15, 0.2) is 6.10 Å². The molecule has 0 fully saturated rings. The maximum Gasteiger partial charge on any atom is 0.573 e. The van der Waals surface area contributed by atoms with E-state index in [4.69, 9.17) is 9.84 Å². The number of aliphatic hydroxyl groups is 1. The van der Waals surface area contributed by atoms with Gasteiger partial charge in [0.25, 0.3) is 0 Å². The number of hydrogen-bond acceptors (Lipinski definition) is 4. The van der Waals surface area contributed by atoms with Crippen molar-refractivity contribution in [2.75, 3.05) is 19.0 Å². The number of benzene rings is 2. The molecule has 148 valence electrons. The fourth-order valence-electron chi connectivity index (χ4n) is 2.31. The molecule has 0 saturated heterocycles. The monoisotopic (exact) mass is 395 g/mol. The van der Waals surface area contributed by atoms with Gasteiger partial charge in [-0.1, -0.05) is 24.3 Å². The quantitative estimate of drug-likeness (QED) is 0.703. The van der Waals surface area contributed by atoms with Crippen molar-refractivity contribution in [3.05, 3.63) is 42.5 Å². The third-order valence-corrected chi connectivity index (χ3v) is 3.46. The third-order valence-electron chi connectivity index (χ3n) is 3.46. The third kappa shape index (κ3) is 5.68. The first-order valence-electron chi connectivity index (χ1n) is 7.53. The van der Waals surface area contributed by atoms with Gasteiger partial charge in [-0.25, -0.2) is 0 Å². The maximum atomic E-state index is 12.4. The first kappa shape index (κ1) is 20.7. The predicted molar refractivity (Wildman–Crippen MR) is 85.7 cm³/mol. The van der Waals surface area contributed by atoms with Crippen molar-refractivity contribution in [2.45, 2.75) is 18.6 Å². The molecular formula is C17H15F6NO3. The first-order chi connectivity index (χ1) is 12.5. The van der Waals surface area contributed by atoms with Crippen LogP contribution in [0.3, 0.4) is 0 Å². The van der Waals surface area contributed by atoms with E-state index in [1.165, 1.54) is 37.4 Å². The van der Waals surface area contributed by atoms with Crippen molar-refractivity contribution in [2.24, 2.45) is 0 Å². The summed E-state index contributed by atoms with van der Waals surface area (Å²) in [7, 11) is 1.26. The van der Waals surface area contributed by atoms with Crippen LogP contribution in [0, 0.1) is 0 Å². The summed E-state index contributed by atoms with van der Waals surface area (Å²) in [5, 5.41) is 11.5. The van der Waals surface area contributed by atoms with Gasteiger partial charge < -0.3 is 19.9 Å². The Hall–Kier alpha value is -2.62. The molecule has 0 bridgehead atoms. The highest BCUT2D eigenvalue weighted by Gasteiger charge is 2.38. The fraction of sp³-hybridized carbons (Fsp3) is 0.294. The molecule has 27 heavy (non-hydrogen) atoms. The van der Waals surface area contributed by atoms with E-state index in [1.807, 2.05) is 0 Å². The Labute approximate surface area is 150 Å². The van der Waals surface area contributed by atoms with E-state index < -0.39 is 30.9 Å². The molecule has 0 amide bonds. The lowest BCUT2D eigenvalue weighted by Gasteiger charge is -2.19. The van der Waals surface area contributed by atoms with E-state index in [1.54, 1.807) is 0 Å². The summed E-state index contributed by atoms with van der Waals surface area (Å²) in [4.78, 5) is 0. The zero-order valence-electron chi connectivity index (χ0n) is 13.9. The SMILES string of the molecule is COc1c(NCC(O)C(F)(F)F)cccc1-c1cccc(OC(F)(F)F)c1. The van der Waals surface area contributed by atoms with Gasteiger partial charge in [0.1, 0.15) is 11.5 Å². The molecule has 0 spiro atoms. The molecule has 1 unspecified atom stereocenters. The van der Waals surface area contributed by atoms with Gasteiger partial charge in [0.2, 0.25) is 0 Å². The number of alkyl halides is 6. The van der Waals surface area contributed by atoms with E-state index in [9.17, 15) is 26.3 Å². The van der Waals surface area contributed by atoms with Crippen LogP contribution in [0.2, 0.25) is 0 Å². The van der Waals surface area contributed by atoms with E-state index in [0.29, 0.717) is 11.1 Å². The average molecular weight is 395 g/mol. The smallest absolute Gasteiger partial charge is 0.494 e. The summed E-state index contributed by atoms with van der Waals surface area (Å²) in [6.45, 7) is -0.819. The molecule has 10 heteroatoms. The zero-order valence-corrected chi connectivity index (χ0v) is 13.9. The molecule has 4 nitrogen and oxygen atoms in total. The molecule has 0 saturated carbocycles. The fourth-order valence-corrected chi connectivity index (χ4v) is 2.31. The summed E-state index contributed by atoms with van der Waals surface area (Å²) in [6, 6.07) is 9.50. The van der Waals surface area contributed by atoms with Crippen LogP contribution in [0.15, 0.2) is 42.5 Å². The minimum atomic E-state index is -4.86. The van der Waals surface area contributed by atoms with Crippen molar-refractivity contribution in [1.29, 1.82) is 0 Å². The van der Waals surface area contributed by atoms with Crippen molar-refractivity contribution in [3.63, 3.8) is 0 Å². The lowest BCUT2D eigenvalue weighted by Crippen LogP contribution is -2.35. The van der Waals surface area contributed by atoms with Crippen LogP contribution in [-0.2, 0) is 0 Å². The summed E-state index contributed by atoms with van der Waals surface area (Å²) >= 11 is 0. The van der Waals surface area contributed by atoms with E-state index in [0.717, 1.165) is 12.1 Å². The lowest BCUT2D eigenvalue weighted by atomic mass is 10.0. The highest BCUT2D eigenvalue weighted by atomic mass is 19.4.